The van der Waals surface area contributed by atoms with E-state index in [1.165, 1.54) is 6.08 Å². The minimum atomic E-state index is -1.05. The van der Waals surface area contributed by atoms with E-state index in [1.54, 1.807) is 19.9 Å². The zero-order valence-corrected chi connectivity index (χ0v) is 11.6. The number of rotatable bonds is 6. The van der Waals surface area contributed by atoms with Gasteiger partial charge in [-0.3, -0.25) is 9.59 Å². The second-order valence-electron chi connectivity index (χ2n) is 5.13. The molecular weight excluding hydrogens is 240 g/mol. The van der Waals surface area contributed by atoms with Crippen LogP contribution in [0.25, 0.3) is 6.08 Å². The van der Waals surface area contributed by atoms with Gasteiger partial charge in [0.05, 0.1) is 5.41 Å². The highest BCUT2D eigenvalue weighted by atomic mass is 16.4. The quantitative estimate of drug-likeness (QED) is 0.797. The summed E-state index contributed by atoms with van der Waals surface area (Å²) >= 11 is 0. The molecule has 1 rings (SSSR count). The van der Waals surface area contributed by atoms with Crippen molar-refractivity contribution in [3.8, 4) is 0 Å². The zero-order chi connectivity index (χ0) is 14.5. The molecule has 102 valence electrons. The lowest BCUT2D eigenvalue weighted by molar-refractivity contribution is -0.152. The number of allylic oxidation sites excluding steroid dienone is 1. The van der Waals surface area contributed by atoms with E-state index in [4.69, 9.17) is 0 Å². The molecule has 1 aromatic rings. The van der Waals surface area contributed by atoms with Gasteiger partial charge >= 0.3 is 5.97 Å². The monoisotopic (exact) mass is 260 g/mol. The van der Waals surface area contributed by atoms with E-state index in [-0.39, 0.29) is 5.78 Å². The molecule has 0 saturated heterocycles. The number of carbonyl (C=O) groups excluding carboxylic acids is 1. The zero-order valence-electron chi connectivity index (χ0n) is 11.6. The van der Waals surface area contributed by atoms with Crippen LogP contribution in [0.4, 0.5) is 0 Å². The predicted molar refractivity (Wildman–Crippen MR) is 75.7 cm³/mol. The molecule has 0 saturated carbocycles. The van der Waals surface area contributed by atoms with Gasteiger partial charge in [-0.2, -0.15) is 0 Å². The molecule has 19 heavy (non-hydrogen) atoms. The highest BCUT2D eigenvalue weighted by Crippen LogP contribution is 2.31. The standard InChI is InChI=1S/C16H20O3/c1-4-13(16(2,3)15(18)19)14(17)11-10-12-8-6-5-7-9-12/h5-11,13H,4H2,1-3H3,(H,18,19). The number of carbonyl (C=O) groups is 2. The number of carboxylic acids is 1. The highest BCUT2D eigenvalue weighted by molar-refractivity contribution is 5.98. The van der Waals surface area contributed by atoms with Crippen molar-refractivity contribution in [2.45, 2.75) is 27.2 Å². The van der Waals surface area contributed by atoms with Crippen LogP contribution in [0, 0.1) is 11.3 Å². The van der Waals surface area contributed by atoms with Gasteiger partial charge in [-0.05, 0) is 31.9 Å². The molecule has 0 heterocycles. The number of hydrogen-bond acceptors (Lipinski definition) is 2. The van der Waals surface area contributed by atoms with E-state index in [2.05, 4.69) is 0 Å². The number of ketones is 1. The molecule has 0 aliphatic heterocycles. The Morgan fingerprint density at radius 2 is 1.84 bits per heavy atom. The first-order chi connectivity index (χ1) is 8.89. The SMILES string of the molecule is CCC(C(=O)C=Cc1ccccc1)C(C)(C)C(=O)O. The van der Waals surface area contributed by atoms with E-state index in [0.717, 1.165) is 5.56 Å². The van der Waals surface area contributed by atoms with Gasteiger partial charge in [-0.1, -0.05) is 43.3 Å². The molecule has 0 spiro atoms. The smallest absolute Gasteiger partial charge is 0.309 e. The lowest BCUT2D eigenvalue weighted by atomic mass is 9.75. The Balaban J connectivity index is 2.87. The van der Waals surface area contributed by atoms with Gasteiger partial charge < -0.3 is 5.11 Å². The Morgan fingerprint density at radius 3 is 2.32 bits per heavy atom. The largest absolute Gasteiger partial charge is 0.481 e. The molecule has 3 heteroatoms. The summed E-state index contributed by atoms with van der Waals surface area (Å²) in [5.41, 5.74) is -0.119. The molecule has 0 fully saturated rings. The van der Waals surface area contributed by atoms with Crippen molar-refractivity contribution in [2.24, 2.45) is 11.3 Å². The van der Waals surface area contributed by atoms with Crippen molar-refractivity contribution >= 4 is 17.8 Å². The molecule has 1 N–H and O–H groups in total. The van der Waals surface area contributed by atoms with E-state index in [9.17, 15) is 14.7 Å². The number of benzene rings is 1. The van der Waals surface area contributed by atoms with Gasteiger partial charge in [0.2, 0.25) is 0 Å². The van der Waals surface area contributed by atoms with E-state index in [0.29, 0.717) is 6.42 Å². The van der Waals surface area contributed by atoms with Crippen LogP contribution in [-0.2, 0) is 9.59 Å². The van der Waals surface area contributed by atoms with Crippen LogP contribution in [0.1, 0.15) is 32.8 Å². The minimum Gasteiger partial charge on any atom is -0.481 e. The van der Waals surface area contributed by atoms with Crippen molar-refractivity contribution in [2.75, 3.05) is 0 Å². The first kappa shape index (κ1) is 15.2. The molecule has 1 unspecified atom stereocenters. The van der Waals surface area contributed by atoms with E-state index < -0.39 is 17.3 Å². The highest BCUT2D eigenvalue weighted by Gasteiger charge is 2.39. The molecule has 1 aromatic carbocycles. The Hall–Kier alpha value is -1.90. The first-order valence-corrected chi connectivity index (χ1v) is 6.40. The van der Waals surface area contributed by atoms with Crippen LogP contribution in [0.2, 0.25) is 0 Å². The second kappa shape index (κ2) is 6.32. The number of aliphatic carboxylic acids is 1. The molecule has 3 nitrogen and oxygen atoms in total. The van der Waals surface area contributed by atoms with Gasteiger partial charge in [-0.25, -0.2) is 0 Å². The Bertz CT molecular complexity index is 472. The Kier molecular flexibility index (Phi) is 5.04. The number of hydrogen-bond donors (Lipinski definition) is 1. The maximum Gasteiger partial charge on any atom is 0.309 e. The maximum atomic E-state index is 12.1. The lowest BCUT2D eigenvalue weighted by Gasteiger charge is -2.27. The molecule has 0 radical (unpaired) electrons. The van der Waals surface area contributed by atoms with Crippen molar-refractivity contribution < 1.29 is 14.7 Å². The van der Waals surface area contributed by atoms with Gasteiger partial charge in [0, 0.05) is 5.92 Å². The summed E-state index contributed by atoms with van der Waals surface area (Å²) in [6.07, 6.45) is 3.72. The minimum absolute atomic E-state index is 0.140. The lowest BCUT2D eigenvalue weighted by Crippen LogP contribution is -2.36. The molecule has 0 amide bonds. The summed E-state index contributed by atoms with van der Waals surface area (Å²) < 4.78 is 0. The third kappa shape index (κ3) is 3.78. The maximum absolute atomic E-state index is 12.1. The topological polar surface area (TPSA) is 54.4 Å². The van der Waals surface area contributed by atoms with Gasteiger partial charge in [-0.15, -0.1) is 0 Å². The van der Waals surface area contributed by atoms with Crippen LogP contribution in [0.5, 0.6) is 0 Å². The third-order valence-corrected chi connectivity index (χ3v) is 3.41. The Labute approximate surface area is 114 Å². The van der Waals surface area contributed by atoms with E-state index in [1.807, 2.05) is 37.3 Å². The van der Waals surface area contributed by atoms with Crippen LogP contribution in [0.15, 0.2) is 36.4 Å². The molecule has 1 atom stereocenters. The van der Waals surface area contributed by atoms with Crippen LogP contribution < -0.4 is 0 Å². The van der Waals surface area contributed by atoms with Crippen LogP contribution >= 0.6 is 0 Å². The molecule has 0 bridgehead atoms. The summed E-state index contributed by atoms with van der Waals surface area (Å²) in [7, 11) is 0. The summed E-state index contributed by atoms with van der Waals surface area (Å²) in [6.45, 7) is 5.03. The number of carboxylic acid groups (broad SMARTS) is 1. The molecule has 0 aliphatic carbocycles. The summed E-state index contributed by atoms with van der Waals surface area (Å²) in [6, 6.07) is 9.48. The average Bonchev–Trinajstić information content (AvgIpc) is 2.38. The fourth-order valence-corrected chi connectivity index (χ4v) is 2.07. The fraction of sp³-hybridized carbons (Fsp3) is 0.375. The van der Waals surface area contributed by atoms with Gasteiger partial charge in [0.1, 0.15) is 0 Å². The normalized spacial score (nSPS) is 13.4. The van der Waals surface area contributed by atoms with Gasteiger partial charge in [0.25, 0.3) is 0 Å². The van der Waals surface area contributed by atoms with Crippen LogP contribution in [0.3, 0.4) is 0 Å². The summed E-state index contributed by atoms with van der Waals surface area (Å²) in [5.74, 6) is -1.59. The van der Waals surface area contributed by atoms with E-state index >= 15 is 0 Å². The molecule has 0 aromatic heterocycles. The van der Waals surface area contributed by atoms with Crippen molar-refractivity contribution in [3.05, 3.63) is 42.0 Å². The summed E-state index contributed by atoms with van der Waals surface area (Å²) in [4.78, 5) is 23.4. The third-order valence-electron chi connectivity index (χ3n) is 3.41. The van der Waals surface area contributed by atoms with Crippen LogP contribution in [-0.4, -0.2) is 16.9 Å². The van der Waals surface area contributed by atoms with Gasteiger partial charge in [0.15, 0.2) is 5.78 Å². The summed E-state index contributed by atoms with van der Waals surface area (Å²) in [5, 5.41) is 9.20. The molecular formula is C16H20O3. The Morgan fingerprint density at radius 1 is 1.26 bits per heavy atom. The fourth-order valence-electron chi connectivity index (χ4n) is 2.07. The van der Waals surface area contributed by atoms with Crippen molar-refractivity contribution in [3.63, 3.8) is 0 Å². The predicted octanol–water partition coefficient (Wildman–Crippen LogP) is 3.41. The first-order valence-electron chi connectivity index (χ1n) is 6.40. The second-order valence-corrected chi connectivity index (χ2v) is 5.13. The van der Waals surface area contributed by atoms with Crippen molar-refractivity contribution in [1.29, 1.82) is 0 Å². The van der Waals surface area contributed by atoms with Crippen molar-refractivity contribution in [1.82, 2.24) is 0 Å². The molecule has 0 aliphatic rings. The average molecular weight is 260 g/mol.